The number of nitro groups is 1. The van der Waals surface area contributed by atoms with Crippen molar-refractivity contribution in [3.05, 3.63) is 45.0 Å². The molecule has 172 valence electrons. The number of carbonyl (C=O) groups is 3. The van der Waals surface area contributed by atoms with Gasteiger partial charge in [-0.3, -0.25) is 14.9 Å². The maximum absolute atomic E-state index is 12.7. The second-order valence-electron chi connectivity index (χ2n) is 6.89. The van der Waals surface area contributed by atoms with Gasteiger partial charge in [0.1, 0.15) is 0 Å². The molecule has 2 aliphatic rings. The molecule has 0 aliphatic carbocycles. The molecule has 0 saturated carbocycles. The zero-order chi connectivity index (χ0) is 23.1. The highest BCUT2D eigenvalue weighted by Crippen LogP contribution is 2.29. The minimum atomic E-state index is -0.678. The number of ether oxygens (including phenoxy) is 3. The maximum Gasteiger partial charge on any atom is 0.340 e. The van der Waals surface area contributed by atoms with Gasteiger partial charge in [-0.15, -0.1) is 0 Å². The number of anilines is 1. The summed E-state index contributed by atoms with van der Waals surface area (Å²) in [6.07, 6.45) is 1.58. The lowest BCUT2D eigenvalue weighted by atomic mass is 10.1. The van der Waals surface area contributed by atoms with Crippen LogP contribution in [0.4, 0.5) is 11.4 Å². The highest BCUT2D eigenvalue weighted by atomic mass is 32.2. The summed E-state index contributed by atoms with van der Waals surface area (Å²) in [5, 5.41) is 11.7. The Bertz CT molecular complexity index is 929. The van der Waals surface area contributed by atoms with Gasteiger partial charge in [0.15, 0.2) is 0 Å². The van der Waals surface area contributed by atoms with Gasteiger partial charge in [-0.2, -0.15) is 0 Å². The summed E-state index contributed by atoms with van der Waals surface area (Å²) < 4.78 is 15.3. The molecule has 1 aromatic carbocycles. The first kappa shape index (κ1) is 23.5. The van der Waals surface area contributed by atoms with Crippen molar-refractivity contribution in [2.75, 3.05) is 57.2 Å². The Morgan fingerprint density at radius 3 is 2.75 bits per heavy atom. The smallest absolute Gasteiger partial charge is 0.340 e. The third kappa shape index (κ3) is 5.77. The molecule has 32 heavy (non-hydrogen) atoms. The van der Waals surface area contributed by atoms with E-state index in [0.717, 1.165) is 0 Å². The Labute approximate surface area is 188 Å². The molecular formula is C20H23N3O8S. The van der Waals surface area contributed by atoms with Crippen molar-refractivity contribution in [1.29, 1.82) is 0 Å². The van der Waals surface area contributed by atoms with E-state index in [2.05, 4.69) is 4.74 Å². The van der Waals surface area contributed by atoms with Crippen molar-refractivity contribution in [2.45, 2.75) is 6.42 Å². The summed E-state index contributed by atoms with van der Waals surface area (Å²) in [6, 6.07) is 4.11. The van der Waals surface area contributed by atoms with E-state index >= 15 is 0 Å². The van der Waals surface area contributed by atoms with Crippen LogP contribution in [-0.4, -0.2) is 80.0 Å². The number of nitrogens with zero attached hydrogens (tertiary/aromatic N) is 3. The Morgan fingerprint density at radius 2 is 2.06 bits per heavy atom. The fourth-order valence-corrected chi connectivity index (χ4v) is 4.23. The fourth-order valence-electron chi connectivity index (χ4n) is 3.28. The lowest BCUT2D eigenvalue weighted by Crippen LogP contribution is -2.37. The monoisotopic (exact) mass is 465 g/mol. The molecule has 12 heteroatoms. The summed E-state index contributed by atoms with van der Waals surface area (Å²) in [7, 11) is 1.25. The van der Waals surface area contributed by atoms with Crippen LogP contribution >= 0.6 is 11.8 Å². The van der Waals surface area contributed by atoms with Crippen molar-refractivity contribution >= 4 is 41.0 Å². The lowest BCUT2D eigenvalue weighted by molar-refractivity contribution is -0.384. The van der Waals surface area contributed by atoms with Crippen LogP contribution in [0.2, 0.25) is 0 Å². The molecule has 1 amide bonds. The Kier molecular flexibility index (Phi) is 8.06. The number of esters is 2. The summed E-state index contributed by atoms with van der Waals surface area (Å²) in [6.45, 7) is 2.37. The number of nitro benzene ring substituents is 1. The standard InChI is InChI=1S/C20H23N3O8S/c1-29-19(25)12-18-22(17(24)13-32-18)5-2-8-31-20(26)15-11-14(23(27)28)3-4-16(15)21-6-9-30-10-7-21/h3-4,11-12H,2,5-10,13H2,1H3/b18-12+. The number of benzene rings is 1. The van der Waals surface area contributed by atoms with Crippen molar-refractivity contribution in [3.8, 4) is 0 Å². The van der Waals surface area contributed by atoms with Gasteiger partial charge in [-0.25, -0.2) is 9.59 Å². The number of amides is 1. The number of carbonyl (C=O) groups excluding carboxylic acids is 3. The van der Waals surface area contributed by atoms with Crippen LogP contribution in [0.5, 0.6) is 0 Å². The van der Waals surface area contributed by atoms with Crippen molar-refractivity contribution < 1.29 is 33.5 Å². The van der Waals surface area contributed by atoms with E-state index in [1.807, 2.05) is 4.90 Å². The molecule has 11 nitrogen and oxygen atoms in total. The first-order valence-electron chi connectivity index (χ1n) is 9.91. The summed E-state index contributed by atoms with van der Waals surface area (Å²) in [4.78, 5) is 50.2. The summed E-state index contributed by atoms with van der Waals surface area (Å²) in [5.74, 6) is -1.16. The molecule has 2 saturated heterocycles. The number of rotatable bonds is 8. The van der Waals surface area contributed by atoms with Gasteiger partial charge >= 0.3 is 11.9 Å². The number of hydrogen-bond acceptors (Lipinski definition) is 10. The molecule has 0 N–H and O–H groups in total. The maximum atomic E-state index is 12.7. The molecule has 0 bridgehead atoms. The Hall–Kier alpha value is -3.12. The molecule has 1 aromatic rings. The quantitative estimate of drug-likeness (QED) is 0.183. The van der Waals surface area contributed by atoms with E-state index < -0.39 is 16.9 Å². The number of hydrogen-bond donors (Lipinski definition) is 0. The van der Waals surface area contributed by atoms with Crippen molar-refractivity contribution in [2.24, 2.45) is 0 Å². The highest BCUT2D eigenvalue weighted by molar-refractivity contribution is 8.04. The number of methoxy groups -OCH3 is 1. The summed E-state index contributed by atoms with van der Waals surface area (Å²) >= 11 is 1.23. The van der Waals surface area contributed by atoms with E-state index in [-0.39, 0.29) is 36.1 Å². The molecule has 0 atom stereocenters. The minimum absolute atomic E-state index is 0.00400. The van der Waals surface area contributed by atoms with Crippen LogP contribution in [0.1, 0.15) is 16.8 Å². The highest BCUT2D eigenvalue weighted by Gasteiger charge is 2.27. The van der Waals surface area contributed by atoms with Gasteiger partial charge in [0.05, 0.1) is 60.0 Å². The van der Waals surface area contributed by atoms with Crippen molar-refractivity contribution in [1.82, 2.24) is 4.90 Å². The summed E-state index contributed by atoms with van der Waals surface area (Å²) in [5.41, 5.74) is 0.463. The third-order valence-electron chi connectivity index (χ3n) is 4.87. The fraction of sp³-hybridized carbons (Fsp3) is 0.450. The predicted molar refractivity (Wildman–Crippen MR) is 115 cm³/mol. The average molecular weight is 465 g/mol. The Morgan fingerprint density at radius 1 is 1.31 bits per heavy atom. The largest absolute Gasteiger partial charge is 0.466 e. The van der Waals surface area contributed by atoms with Crippen LogP contribution in [0.25, 0.3) is 0 Å². The number of morpholine rings is 1. The van der Waals surface area contributed by atoms with E-state index in [9.17, 15) is 24.5 Å². The molecule has 0 radical (unpaired) electrons. The van der Waals surface area contributed by atoms with Gasteiger partial charge in [-0.1, -0.05) is 11.8 Å². The molecule has 2 heterocycles. The minimum Gasteiger partial charge on any atom is -0.466 e. The third-order valence-corrected chi connectivity index (χ3v) is 5.90. The van der Waals surface area contributed by atoms with Crippen LogP contribution < -0.4 is 4.90 Å². The molecule has 2 fully saturated rings. The zero-order valence-corrected chi connectivity index (χ0v) is 18.3. The van der Waals surface area contributed by atoms with E-state index in [0.29, 0.717) is 43.4 Å². The normalized spacial score (nSPS) is 17.5. The SMILES string of the molecule is COC(=O)/C=C1/SCC(=O)N1CCCOC(=O)c1cc([N+](=O)[O-])ccc1N1CCOCC1. The van der Waals surface area contributed by atoms with E-state index in [1.165, 1.54) is 42.0 Å². The van der Waals surface area contributed by atoms with Gasteiger partial charge in [-0.05, 0) is 12.5 Å². The molecule has 0 spiro atoms. The first-order chi connectivity index (χ1) is 15.4. The molecule has 3 rings (SSSR count). The Balaban J connectivity index is 1.63. The topological polar surface area (TPSA) is 129 Å². The second-order valence-corrected chi connectivity index (χ2v) is 7.88. The van der Waals surface area contributed by atoms with Crippen molar-refractivity contribution in [3.63, 3.8) is 0 Å². The van der Waals surface area contributed by atoms with Gasteiger partial charge in [0.2, 0.25) is 5.91 Å². The molecule has 2 aliphatic heterocycles. The number of thioether (sulfide) groups is 1. The first-order valence-corrected chi connectivity index (χ1v) is 10.9. The van der Waals surface area contributed by atoms with Gasteiger partial charge < -0.3 is 24.0 Å². The van der Waals surface area contributed by atoms with Crippen LogP contribution in [0.15, 0.2) is 29.3 Å². The van der Waals surface area contributed by atoms with Gasteiger partial charge in [0, 0.05) is 31.8 Å². The second kappa shape index (κ2) is 11.0. The van der Waals surface area contributed by atoms with E-state index in [4.69, 9.17) is 9.47 Å². The average Bonchev–Trinajstić information content (AvgIpc) is 3.15. The predicted octanol–water partition coefficient (Wildman–Crippen LogP) is 1.57. The zero-order valence-electron chi connectivity index (χ0n) is 17.5. The lowest BCUT2D eigenvalue weighted by Gasteiger charge is -2.30. The molecular weight excluding hydrogens is 442 g/mol. The van der Waals surface area contributed by atoms with Crippen LogP contribution in [0, 0.1) is 10.1 Å². The molecule has 0 unspecified atom stereocenters. The van der Waals surface area contributed by atoms with Gasteiger partial charge in [0.25, 0.3) is 5.69 Å². The number of non-ortho nitro benzene ring substituents is 1. The molecule has 0 aromatic heterocycles. The van der Waals surface area contributed by atoms with E-state index in [1.54, 1.807) is 6.07 Å². The van der Waals surface area contributed by atoms with Crippen LogP contribution in [0.3, 0.4) is 0 Å². The van der Waals surface area contributed by atoms with Crippen LogP contribution in [-0.2, 0) is 23.8 Å².